The van der Waals surface area contributed by atoms with Gasteiger partial charge in [-0.3, -0.25) is 4.79 Å². The summed E-state index contributed by atoms with van der Waals surface area (Å²) in [5.74, 6) is 0.152. The van der Waals surface area contributed by atoms with Crippen LogP contribution in [-0.2, 0) is 4.79 Å². The Labute approximate surface area is 126 Å². The number of rotatable bonds is 4. The van der Waals surface area contributed by atoms with Crippen LogP contribution in [0.25, 0.3) is 0 Å². The van der Waals surface area contributed by atoms with Gasteiger partial charge >= 0.3 is 0 Å². The minimum Gasteiger partial charge on any atom is -0.387 e. The van der Waals surface area contributed by atoms with Crippen LogP contribution in [-0.4, -0.2) is 30.6 Å². The van der Waals surface area contributed by atoms with Crippen LogP contribution in [0.3, 0.4) is 0 Å². The van der Waals surface area contributed by atoms with Gasteiger partial charge in [0, 0.05) is 12.5 Å². The fourth-order valence-corrected chi connectivity index (χ4v) is 2.50. The molecule has 112 valence electrons. The molecule has 1 fully saturated rings. The fraction of sp³-hybridized carbons (Fsp3) is 0.533. The van der Waals surface area contributed by atoms with Gasteiger partial charge in [-0.05, 0) is 44.0 Å². The molecule has 1 heterocycles. The molecular weight excluding hydrogens is 276 g/mol. The highest BCUT2D eigenvalue weighted by Gasteiger charge is 2.21. The van der Waals surface area contributed by atoms with Crippen LogP contribution in [0.5, 0.6) is 0 Å². The summed E-state index contributed by atoms with van der Waals surface area (Å²) in [7, 11) is 0. The van der Waals surface area contributed by atoms with E-state index in [1.165, 1.54) is 0 Å². The summed E-state index contributed by atoms with van der Waals surface area (Å²) in [6.45, 7) is 4.05. The predicted octanol–water partition coefficient (Wildman–Crippen LogP) is 1.57. The van der Waals surface area contributed by atoms with E-state index in [4.69, 9.17) is 0 Å². The lowest BCUT2D eigenvalue weighted by Crippen LogP contribution is -2.39. The first-order chi connectivity index (χ1) is 9.18. The normalized spacial score (nSPS) is 17.1. The second-order valence-corrected chi connectivity index (χ2v) is 5.14. The van der Waals surface area contributed by atoms with Crippen molar-refractivity contribution in [2.24, 2.45) is 5.92 Å². The monoisotopic (exact) mass is 298 g/mol. The lowest BCUT2D eigenvalue weighted by Gasteiger charge is -2.22. The quantitative estimate of drug-likeness (QED) is 0.791. The zero-order valence-electron chi connectivity index (χ0n) is 11.8. The summed E-state index contributed by atoms with van der Waals surface area (Å²) in [4.78, 5) is 12.0. The van der Waals surface area contributed by atoms with E-state index in [0.717, 1.165) is 37.1 Å². The Morgan fingerprint density at radius 2 is 2.05 bits per heavy atom. The number of hydrogen-bond acceptors (Lipinski definition) is 3. The molecule has 1 aliphatic rings. The van der Waals surface area contributed by atoms with E-state index in [1.807, 2.05) is 31.2 Å². The number of nitrogens with one attached hydrogen (secondary N) is 2. The van der Waals surface area contributed by atoms with E-state index in [1.54, 1.807) is 0 Å². The van der Waals surface area contributed by atoms with Gasteiger partial charge in [-0.1, -0.05) is 24.3 Å². The molecule has 1 aromatic carbocycles. The van der Waals surface area contributed by atoms with Crippen molar-refractivity contribution < 1.29 is 9.90 Å². The molecule has 0 spiro atoms. The lowest BCUT2D eigenvalue weighted by atomic mass is 9.97. The molecule has 0 aliphatic carbocycles. The molecule has 1 aromatic rings. The van der Waals surface area contributed by atoms with Gasteiger partial charge in [-0.2, -0.15) is 0 Å². The van der Waals surface area contributed by atoms with Gasteiger partial charge in [-0.15, -0.1) is 12.4 Å². The minimum atomic E-state index is -0.633. The van der Waals surface area contributed by atoms with Crippen molar-refractivity contribution in [3.05, 3.63) is 35.4 Å². The van der Waals surface area contributed by atoms with Crippen LogP contribution in [0.15, 0.2) is 24.3 Å². The van der Waals surface area contributed by atoms with Gasteiger partial charge in [0.15, 0.2) is 0 Å². The van der Waals surface area contributed by atoms with Gasteiger partial charge in [0.05, 0.1) is 6.10 Å². The van der Waals surface area contributed by atoms with Crippen molar-refractivity contribution in [3.8, 4) is 0 Å². The molecule has 20 heavy (non-hydrogen) atoms. The molecule has 1 atom stereocenters. The van der Waals surface area contributed by atoms with E-state index < -0.39 is 6.10 Å². The molecule has 0 saturated carbocycles. The summed E-state index contributed by atoms with van der Waals surface area (Å²) < 4.78 is 0. The van der Waals surface area contributed by atoms with Crippen LogP contribution < -0.4 is 10.6 Å². The standard InChI is InChI=1S/C15H22N2O2.ClH/c1-11-4-2-3-5-13(11)14(18)10-17-15(19)12-6-8-16-9-7-12;/h2-5,12,14,16,18H,6-10H2,1H3,(H,17,19);1H. The topological polar surface area (TPSA) is 61.4 Å². The fourth-order valence-electron chi connectivity index (χ4n) is 2.50. The average Bonchev–Trinajstić information content (AvgIpc) is 2.46. The molecule has 4 nitrogen and oxygen atoms in total. The van der Waals surface area contributed by atoms with Gasteiger partial charge in [0.2, 0.25) is 5.91 Å². The molecule has 0 radical (unpaired) electrons. The van der Waals surface area contributed by atoms with Gasteiger partial charge < -0.3 is 15.7 Å². The van der Waals surface area contributed by atoms with Crippen molar-refractivity contribution in [2.75, 3.05) is 19.6 Å². The number of piperidine rings is 1. The van der Waals surface area contributed by atoms with Crippen molar-refractivity contribution in [3.63, 3.8) is 0 Å². The van der Waals surface area contributed by atoms with Crippen LogP contribution in [0.2, 0.25) is 0 Å². The highest BCUT2D eigenvalue weighted by Crippen LogP contribution is 2.17. The van der Waals surface area contributed by atoms with Crippen molar-refractivity contribution in [1.29, 1.82) is 0 Å². The Bertz CT molecular complexity index is 434. The second-order valence-electron chi connectivity index (χ2n) is 5.14. The maximum atomic E-state index is 12.0. The largest absolute Gasteiger partial charge is 0.387 e. The summed E-state index contributed by atoms with van der Waals surface area (Å²) in [6.07, 6.45) is 1.13. The van der Waals surface area contributed by atoms with Crippen LogP contribution in [0.4, 0.5) is 0 Å². The molecule has 1 unspecified atom stereocenters. The smallest absolute Gasteiger partial charge is 0.223 e. The highest BCUT2D eigenvalue weighted by molar-refractivity contribution is 5.85. The third-order valence-corrected chi connectivity index (χ3v) is 3.73. The molecule has 0 aromatic heterocycles. The van der Waals surface area contributed by atoms with E-state index in [-0.39, 0.29) is 30.8 Å². The summed E-state index contributed by atoms with van der Waals surface area (Å²) in [5, 5.41) is 16.2. The Balaban J connectivity index is 0.00000200. The van der Waals surface area contributed by atoms with Crippen molar-refractivity contribution in [1.82, 2.24) is 10.6 Å². The number of hydrogen-bond donors (Lipinski definition) is 3. The second kappa shape index (κ2) is 8.25. The molecule has 5 heteroatoms. The van der Waals surface area contributed by atoms with Crippen molar-refractivity contribution >= 4 is 18.3 Å². The first-order valence-electron chi connectivity index (χ1n) is 6.90. The molecule has 0 bridgehead atoms. The Hall–Kier alpha value is -1.10. The first kappa shape index (κ1) is 17.0. The number of aryl methyl sites for hydroxylation is 1. The van der Waals surface area contributed by atoms with Crippen LogP contribution in [0, 0.1) is 12.8 Å². The number of benzene rings is 1. The number of carbonyl (C=O) groups is 1. The molecule has 1 saturated heterocycles. The third-order valence-electron chi connectivity index (χ3n) is 3.73. The molecule has 2 rings (SSSR count). The number of halogens is 1. The Kier molecular flexibility index (Phi) is 6.99. The highest BCUT2D eigenvalue weighted by atomic mass is 35.5. The number of amides is 1. The summed E-state index contributed by atoms with van der Waals surface area (Å²) in [5.41, 5.74) is 1.93. The number of carbonyl (C=O) groups excluding carboxylic acids is 1. The Morgan fingerprint density at radius 3 is 2.70 bits per heavy atom. The van der Waals surface area contributed by atoms with Gasteiger partial charge in [0.1, 0.15) is 0 Å². The molecular formula is C15H23ClN2O2. The Morgan fingerprint density at radius 1 is 1.40 bits per heavy atom. The maximum absolute atomic E-state index is 12.0. The average molecular weight is 299 g/mol. The molecule has 3 N–H and O–H groups in total. The van der Waals surface area contributed by atoms with Crippen molar-refractivity contribution in [2.45, 2.75) is 25.9 Å². The zero-order chi connectivity index (χ0) is 13.7. The van der Waals surface area contributed by atoms with Crippen LogP contribution in [0.1, 0.15) is 30.1 Å². The minimum absolute atomic E-state index is 0. The lowest BCUT2D eigenvalue weighted by molar-refractivity contribution is -0.126. The zero-order valence-corrected chi connectivity index (χ0v) is 12.6. The summed E-state index contributed by atoms with van der Waals surface area (Å²) >= 11 is 0. The number of aliphatic hydroxyl groups excluding tert-OH is 1. The van der Waals surface area contributed by atoms with Crippen LogP contribution >= 0.6 is 12.4 Å². The maximum Gasteiger partial charge on any atom is 0.223 e. The SMILES string of the molecule is Cc1ccccc1C(O)CNC(=O)C1CCNCC1.Cl. The molecule has 1 amide bonds. The van der Waals surface area contributed by atoms with E-state index in [0.29, 0.717) is 0 Å². The predicted molar refractivity (Wildman–Crippen MR) is 82.0 cm³/mol. The van der Waals surface area contributed by atoms with Gasteiger partial charge in [0.25, 0.3) is 0 Å². The number of aliphatic hydroxyl groups is 1. The first-order valence-corrected chi connectivity index (χ1v) is 6.90. The molecule has 1 aliphatic heterocycles. The van der Waals surface area contributed by atoms with Gasteiger partial charge in [-0.25, -0.2) is 0 Å². The third kappa shape index (κ3) is 4.47. The van der Waals surface area contributed by atoms with E-state index in [9.17, 15) is 9.90 Å². The van der Waals surface area contributed by atoms with E-state index in [2.05, 4.69) is 10.6 Å². The summed E-state index contributed by atoms with van der Waals surface area (Å²) in [6, 6.07) is 7.71. The van der Waals surface area contributed by atoms with E-state index >= 15 is 0 Å².